The van der Waals surface area contributed by atoms with Gasteiger partial charge in [-0.1, -0.05) is 12.1 Å². The van der Waals surface area contributed by atoms with E-state index in [9.17, 15) is 31.1 Å². The van der Waals surface area contributed by atoms with Gasteiger partial charge in [-0.25, -0.2) is 9.18 Å². The predicted molar refractivity (Wildman–Crippen MR) is 127 cm³/mol. The van der Waals surface area contributed by atoms with Gasteiger partial charge in [0.1, 0.15) is 16.9 Å². The van der Waals surface area contributed by atoms with Gasteiger partial charge in [0, 0.05) is 31.3 Å². The van der Waals surface area contributed by atoms with E-state index in [2.05, 4.69) is 5.32 Å². The summed E-state index contributed by atoms with van der Waals surface area (Å²) in [5.74, 6) is -2.29. The van der Waals surface area contributed by atoms with Crippen LogP contribution in [0.2, 0.25) is 0 Å². The Morgan fingerprint density at radius 1 is 1.11 bits per heavy atom. The second kappa shape index (κ2) is 11.4. The van der Waals surface area contributed by atoms with Gasteiger partial charge in [-0.05, 0) is 63.8 Å². The topological polar surface area (TPSA) is 50.8 Å². The second-order valence-electron chi connectivity index (χ2n) is 9.68. The molecule has 5 nitrogen and oxygen atoms in total. The molecule has 0 bridgehead atoms. The number of alkyl halides is 3. The van der Waals surface area contributed by atoms with Gasteiger partial charge in [-0.2, -0.15) is 22.0 Å². The summed E-state index contributed by atoms with van der Waals surface area (Å²) < 4.78 is 94.4. The molecule has 1 saturated heterocycles. The van der Waals surface area contributed by atoms with Crippen molar-refractivity contribution >= 4 is 17.9 Å². The van der Waals surface area contributed by atoms with Crippen LogP contribution in [0.4, 0.5) is 36.8 Å². The summed E-state index contributed by atoms with van der Waals surface area (Å²) in [7, 11) is 0. The largest absolute Gasteiger partial charge is 0.454 e. The Morgan fingerprint density at radius 2 is 1.81 bits per heavy atom. The van der Waals surface area contributed by atoms with E-state index in [1.165, 1.54) is 23.1 Å². The van der Waals surface area contributed by atoms with E-state index in [-0.39, 0.29) is 31.1 Å². The van der Waals surface area contributed by atoms with Gasteiger partial charge in [0.15, 0.2) is 11.6 Å². The zero-order valence-corrected chi connectivity index (χ0v) is 20.6. The van der Waals surface area contributed by atoms with Crippen LogP contribution in [-0.2, 0) is 10.9 Å². The molecule has 37 heavy (non-hydrogen) atoms. The fourth-order valence-electron chi connectivity index (χ4n) is 4.15. The normalized spacial score (nSPS) is 16.2. The van der Waals surface area contributed by atoms with Gasteiger partial charge in [0.05, 0.1) is 5.69 Å². The van der Waals surface area contributed by atoms with Crippen LogP contribution in [0.25, 0.3) is 6.08 Å². The highest BCUT2D eigenvalue weighted by Gasteiger charge is 2.41. The highest BCUT2D eigenvalue weighted by Crippen LogP contribution is 2.47. The lowest BCUT2D eigenvalue weighted by Gasteiger charge is -2.37. The zero-order valence-electron chi connectivity index (χ0n) is 20.6. The number of amides is 1. The minimum Gasteiger partial charge on any atom is -0.454 e. The van der Waals surface area contributed by atoms with Crippen LogP contribution in [0.1, 0.15) is 44.7 Å². The number of nitrogens with one attached hydrogen (secondary N) is 1. The molecule has 1 atom stereocenters. The van der Waals surface area contributed by atoms with E-state index >= 15 is 0 Å². The Kier molecular flexibility index (Phi) is 8.65. The minimum atomic E-state index is -5.01. The molecule has 0 radical (unpaired) electrons. The number of hydrogen-bond acceptors (Lipinski definition) is 4. The van der Waals surface area contributed by atoms with E-state index in [1.807, 2.05) is 0 Å². The van der Waals surface area contributed by atoms with Crippen LogP contribution in [0.3, 0.4) is 0 Å². The van der Waals surface area contributed by atoms with Crippen LogP contribution >= 0.6 is 0 Å². The Labute approximate surface area is 211 Å². The second-order valence-corrected chi connectivity index (χ2v) is 9.68. The molecule has 11 heteroatoms. The average Bonchev–Trinajstić information content (AvgIpc) is 2.78. The predicted octanol–water partition coefficient (Wildman–Crippen LogP) is 7.62. The van der Waals surface area contributed by atoms with Crippen molar-refractivity contribution in [1.29, 1.82) is 0 Å². The Morgan fingerprint density at radius 3 is 2.43 bits per heavy atom. The van der Waals surface area contributed by atoms with Crippen LogP contribution in [0.5, 0.6) is 11.5 Å². The maximum absolute atomic E-state index is 14.4. The van der Waals surface area contributed by atoms with Crippen molar-refractivity contribution in [3.63, 3.8) is 0 Å². The highest BCUT2D eigenvalue weighted by atomic mass is 19.4. The van der Waals surface area contributed by atoms with Crippen molar-refractivity contribution in [3.05, 3.63) is 59.4 Å². The number of ether oxygens (including phenoxy) is 2. The summed E-state index contributed by atoms with van der Waals surface area (Å²) in [4.78, 5) is 13.4. The van der Waals surface area contributed by atoms with Crippen LogP contribution in [0, 0.1) is 11.7 Å². The van der Waals surface area contributed by atoms with Crippen molar-refractivity contribution in [1.82, 2.24) is 5.32 Å². The third-order valence-electron chi connectivity index (χ3n) is 5.54. The fraction of sp³-hybridized carbons (Fsp3) is 0.423. The van der Waals surface area contributed by atoms with Crippen LogP contribution < -0.4 is 15.0 Å². The van der Waals surface area contributed by atoms with Crippen molar-refractivity contribution in [2.45, 2.75) is 45.4 Å². The molecule has 2 aromatic rings. The van der Waals surface area contributed by atoms with Gasteiger partial charge >= 0.3 is 12.3 Å². The lowest BCUT2D eigenvalue weighted by Crippen LogP contribution is -2.43. The molecule has 0 aromatic heterocycles. The number of piperidine rings is 1. The van der Waals surface area contributed by atoms with Gasteiger partial charge in [-0.3, -0.25) is 0 Å². The van der Waals surface area contributed by atoms with Crippen molar-refractivity contribution in [2.24, 2.45) is 5.92 Å². The number of nitrogens with zero attached hydrogens (tertiary/aromatic N) is 1. The molecular formula is C26H28F6N2O3. The van der Waals surface area contributed by atoms with Gasteiger partial charge in [-0.15, -0.1) is 0 Å². The molecule has 0 aliphatic carbocycles. The SMILES string of the molecule is CC(C)(C)OC(=O)NC[C@@H]1CCCN(c2c(C=C(F)F)ccc(Oc3ccccc3F)c2C(F)(F)F)C1. The Hall–Kier alpha value is -3.37. The number of rotatable bonds is 6. The molecule has 1 amide bonds. The molecule has 3 rings (SSSR count). The van der Waals surface area contributed by atoms with E-state index in [4.69, 9.17) is 9.47 Å². The number of carbonyl (C=O) groups excluding carboxylic acids is 1. The summed E-state index contributed by atoms with van der Waals surface area (Å²) in [5, 5.41) is 2.61. The standard InChI is InChI=1S/C26H28F6N2O3/c1-25(2,3)37-24(35)33-14-16-7-6-12-34(15-16)23-17(13-21(28)29)10-11-20(22(23)26(30,31)32)36-19-9-5-4-8-18(19)27/h4-5,8-11,13,16H,6-7,12,14-15H2,1-3H3,(H,33,35)/t16-/m0/s1. The molecule has 1 aliphatic rings. The molecule has 1 heterocycles. The Bertz CT molecular complexity index is 1140. The molecule has 0 unspecified atom stereocenters. The van der Waals surface area contributed by atoms with Gasteiger partial charge in [0.25, 0.3) is 6.08 Å². The van der Waals surface area contributed by atoms with E-state index < -0.39 is 52.5 Å². The third-order valence-corrected chi connectivity index (χ3v) is 5.54. The average molecular weight is 531 g/mol. The number of benzene rings is 2. The first-order valence-corrected chi connectivity index (χ1v) is 11.7. The zero-order chi connectivity index (χ0) is 27.4. The van der Waals surface area contributed by atoms with Gasteiger partial charge < -0.3 is 19.7 Å². The summed E-state index contributed by atoms with van der Waals surface area (Å²) in [6.07, 6.45) is -6.42. The third kappa shape index (κ3) is 7.80. The van der Waals surface area contributed by atoms with Gasteiger partial charge in [0.2, 0.25) is 0 Å². The summed E-state index contributed by atoms with van der Waals surface area (Å²) in [6.45, 7) is 5.43. The first-order chi connectivity index (χ1) is 17.2. The molecular weight excluding hydrogens is 502 g/mol. The number of hydrogen-bond donors (Lipinski definition) is 1. The minimum absolute atomic E-state index is 0.0524. The van der Waals surface area contributed by atoms with Crippen LogP contribution in [0.15, 0.2) is 42.5 Å². The first-order valence-electron chi connectivity index (χ1n) is 11.7. The number of para-hydroxylation sites is 1. The number of halogens is 6. The first kappa shape index (κ1) is 28.2. The summed E-state index contributed by atoms with van der Waals surface area (Å²) in [6, 6.07) is 6.95. The highest BCUT2D eigenvalue weighted by molar-refractivity contribution is 5.75. The molecule has 2 aromatic carbocycles. The lowest BCUT2D eigenvalue weighted by atomic mass is 9.95. The number of carbonyl (C=O) groups is 1. The lowest BCUT2D eigenvalue weighted by molar-refractivity contribution is -0.138. The quantitative estimate of drug-likeness (QED) is 0.391. The van der Waals surface area contributed by atoms with Crippen molar-refractivity contribution in [3.8, 4) is 11.5 Å². The van der Waals surface area contributed by atoms with Crippen LogP contribution in [-0.4, -0.2) is 31.3 Å². The smallest absolute Gasteiger partial charge is 0.422 e. The summed E-state index contributed by atoms with van der Waals surface area (Å²) >= 11 is 0. The molecule has 1 N–H and O–H groups in total. The maximum Gasteiger partial charge on any atom is 0.422 e. The maximum atomic E-state index is 14.4. The number of alkyl carbamates (subject to hydrolysis) is 1. The van der Waals surface area contributed by atoms with Crippen molar-refractivity contribution in [2.75, 3.05) is 24.5 Å². The molecule has 0 spiro atoms. The number of anilines is 1. The fourth-order valence-corrected chi connectivity index (χ4v) is 4.15. The van der Waals surface area contributed by atoms with E-state index in [1.54, 1.807) is 20.8 Å². The monoisotopic (exact) mass is 530 g/mol. The van der Waals surface area contributed by atoms with E-state index in [0.717, 1.165) is 18.2 Å². The van der Waals surface area contributed by atoms with Crippen molar-refractivity contribution < 1.29 is 40.6 Å². The van der Waals surface area contributed by atoms with E-state index in [0.29, 0.717) is 18.9 Å². The molecule has 0 saturated carbocycles. The summed E-state index contributed by atoms with van der Waals surface area (Å²) in [5.41, 5.74) is -2.85. The molecule has 1 aliphatic heterocycles. The molecule has 1 fully saturated rings. The Balaban J connectivity index is 1.99. The molecule has 202 valence electrons.